The van der Waals surface area contributed by atoms with E-state index in [1.807, 2.05) is 0 Å². The number of phenolic OH excluding ortho intramolecular Hbond substituents is 1. The van der Waals surface area contributed by atoms with Gasteiger partial charge in [0.25, 0.3) is 11.8 Å². The van der Waals surface area contributed by atoms with Crippen molar-refractivity contribution >= 4 is 35.3 Å². The Labute approximate surface area is 146 Å². The van der Waals surface area contributed by atoms with Crippen molar-refractivity contribution in [1.29, 1.82) is 0 Å². The summed E-state index contributed by atoms with van der Waals surface area (Å²) in [6.07, 6.45) is 1.12. The molecule has 1 aliphatic heterocycles. The lowest BCUT2D eigenvalue weighted by Crippen LogP contribution is -2.54. The van der Waals surface area contributed by atoms with E-state index >= 15 is 0 Å². The molecule has 3 rings (SSSR count). The Morgan fingerprint density at radius 1 is 1.08 bits per heavy atom. The van der Waals surface area contributed by atoms with Crippen molar-refractivity contribution in [1.82, 2.24) is 5.32 Å². The van der Waals surface area contributed by atoms with Crippen LogP contribution < -0.4 is 10.2 Å². The number of anilines is 1. The number of hydrogen-bond donors (Lipinski definition) is 2. The molecule has 2 aromatic carbocycles. The number of nitro benzene ring substituents is 1. The number of nitrogens with zero attached hydrogens (tertiary/aromatic N) is 2. The number of rotatable bonds is 3. The number of nitro groups is 1. The minimum Gasteiger partial charge on any atom is -0.502 e. The molecular weight excluding hydrogens is 342 g/mol. The molecule has 0 aliphatic carbocycles. The predicted octanol–water partition coefficient (Wildman–Crippen LogP) is 1.97. The van der Waals surface area contributed by atoms with Crippen LogP contribution in [0.25, 0.3) is 6.08 Å². The number of carbonyl (C=O) groups excluding carboxylic acids is 3. The summed E-state index contributed by atoms with van der Waals surface area (Å²) in [5, 5.41) is 22.4. The molecule has 0 aromatic heterocycles. The van der Waals surface area contributed by atoms with E-state index in [2.05, 4.69) is 5.32 Å². The Bertz CT molecular complexity index is 968. The minimum absolute atomic E-state index is 0.148. The smallest absolute Gasteiger partial charge is 0.335 e. The van der Waals surface area contributed by atoms with Gasteiger partial charge in [0.2, 0.25) is 0 Å². The van der Waals surface area contributed by atoms with E-state index in [4.69, 9.17) is 0 Å². The zero-order valence-corrected chi connectivity index (χ0v) is 13.1. The van der Waals surface area contributed by atoms with Crippen molar-refractivity contribution in [3.63, 3.8) is 0 Å². The number of nitrogens with one attached hydrogen (secondary N) is 1. The largest absolute Gasteiger partial charge is 0.502 e. The summed E-state index contributed by atoms with van der Waals surface area (Å²) in [5.74, 6) is -2.32. The molecule has 9 nitrogen and oxygen atoms in total. The van der Waals surface area contributed by atoms with Crippen molar-refractivity contribution in [2.24, 2.45) is 0 Å². The Morgan fingerprint density at radius 2 is 1.77 bits per heavy atom. The topological polar surface area (TPSA) is 130 Å². The van der Waals surface area contributed by atoms with Crippen LogP contribution in [0.15, 0.2) is 54.1 Å². The van der Waals surface area contributed by atoms with Crippen LogP contribution in [0.3, 0.4) is 0 Å². The van der Waals surface area contributed by atoms with E-state index < -0.39 is 34.2 Å². The second-order valence-corrected chi connectivity index (χ2v) is 5.30. The number of phenols is 1. The van der Waals surface area contributed by atoms with E-state index in [-0.39, 0.29) is 16.8 Å². The van der Waals surface area contributed by atoms with Crippen molar-refractivity contribution in [3.05, 3.63) is 69.8 Å². The number of urea groups is 1. The number of hydrogen-bond acceptors (Lipinski definition) is 6. The average Bonchev–Trinajstić information content (AvgIpc) is 2.60. The zero-order valence-electron chi connectivity index (χ0n) is 13.1. The maximum Gasteiger partial charge on any atom is 0.335 e. The number of aromatic hydroxyl groups is 1. The molecule has 4 amide bonds. The average molecular weight is 353 g/mol. The molecule has 1 saturated heterocycles. The van der Waals surface area contributed by atoms with Crippen LogP contribution in [0.5, 0.6) is 5.75 Å². The van der Waals surface area contributed by atoms with E-state index in [0.717, 1.165) is 23.1 Å². The molecule has 1 fully saturated rings. The van der Waals surface area contributed by atoms with Gasteiger partial charge in [-0.15, -0.1) is 0 Å². The van der Waals surface area contributed by atoms with Crippen molar-refractivity contribution in [2.75, 3.05) is 4.90 Å². The summed E-state index contributed by atoms with van der Waals surface area (Å²) in [7, 11) is 0. The van der Waals surface area contributed by atoms with Crippen molar-refractivity contribution < 1.29 is 24.4 Å². The van der Waals surface area contributed by atoms with E-state index in [1.165, 1.54) is 18.2 Å². The molecule has 0 bridgehead atoms. The van der Waals surface area contributed by atoms with Crippen LogP contribution in [-0.4, -0.2) is 27.9 Å². The summed E-state index contributed by atoms with van der Waals surface area (Å²) in [6, 6.07) is 10.5. The fraction of sp³-hybridized carbons (Fsp3) is 0. The lowest BCUT2D eigenvalue weighted by molar-refractivity contribution is -0.385. The quantitative estimate of drug-likeness (QED) is 0.375. The highest BCUT2D eigenvalue weighted by molar-refractivity contribution is 6.39. The van der Waals surface area contributed by atoms with Crippen molar-refractivity contribution in [3.8, 4) is 5.75 Å². The second-order valence-electron chi connectivity index (χ2n) is 5.30. The summed E-state index contributed by atoms with van der Waals surface area (Å²) < 4.78 is 0. The van der Waals surface area contributed by atoms with Crippen LogP contribution in [-0.2, 0) is 9.59 Å². The third-order valence-corrected chi connectivity index (χ3v) is 3.62. The molecule has 0 radical (unpaired) electrons. The third-order valence-electron chi connectivity index (χ3n) is 3.62. The molecule has 1 heterocycles. The van der Waals surface area contributed by atoms with Gasteiger partial charge in [-0.3, -0.25) is 25.0 Å². The first kappa shape index (κ1) is 16.8. The molecule has 2 N–H and O–H groups in total. The van der Waals surface area contributed by atoms with Crippen LogP contribution in [0.2, 0.25) is 0 Å². The summed E-state index contributed by atoms with van der Waals surface area (Å²) in [6.45, 7) is 0. The first-order valence-electron chi connectivity index (χ1n) is 7.32. The van der Waals surface area contributed by atoms with Gasteiger partial charge in [0.15, 0.2) is 5.75 Å². The van der Waals surface area contributed by atoms with Crippen LogP contribution >= 0.6 is 0 Å². The molecule has 0 saturated carbocycles. The van der Waals surface area contributed by atoms with Gasteiger partial charge in [0.05, 0.1) is 10.6 Å². The fourth-order valence-electron chi connectivity index (χ4n) is 2.41. The summed E-state index contributed by atoms with van der Waals surface area (Å²) in [4.78, 5) is 47.6. The predicted molar refractivity (Wildman–Crippen MR) is 90.2 cm³/mol. The number of para-hydroxylation sites is 1. The second kappa shape index (κ2) is 6.48. The van der Waals surface area contributed by atoms with Crippen LogP contribution in [0, 0.1) is 10.1 Å². The fourth-order valence-corrected chi connectivity index (χ4v) is 2.41. The van der Waals surface area contributed by atoms with Gasteiger partial charge in [0, 0.05) is 6.07 Å². The lowest BCUT2D eigenvalue weighted by atomic mass is 10.1. The molecule has 2 aromatic rings. The number of benzene rings is 2. The zero-order chi connectivity index (χ0) is 18.8. The van der Waals surface area contributed by atoms with Crippen LogP contribution in [0.1, 0.15) is 5.56 Å². The Morgan fingerprint density at radius 3 is 2.42 bits per heavy atom. The molecule has 0 atom stereocenters. The molecule has 130 valence electrons. The summed E-state index contributed by atoms with van der Waals surface area (Å²) >= 11 is 0. The van der Waals surface area contributed by atoms with Gasteiger partial charge in [0.1, 0.15) is 5.57 Å². The number of carbonyl (C=O) groups is 3. The molecule has 0 spiro atoms. The molecular formula is C17H11N3O6. The van der Waals surface area contributed by atoms with E-state index in [1.54, 1.807) is 18.2 Å². The molecule has 9 heteroatoms. The van der Waals surface area contributed by atoms with Gasteiger partial charge in [-0.05, 0) is 29.8 Å². The monoisotopic (exact) mass is 353 g/mol. The summed E-state index contributed by atoms with van der Waals surface area (Å²) in [5.41, 5.74) is -0.520. The highest BCUT2D eigenvalue weighted by Gasteiger charge is 2.36. The molecule has 26 heavy (non-hydrogen) atoms. The first-order valence-corrected chi connectivity index (χ1v) is 7.32. The molecule has 1 aliphatic rings. The van der Waals surface area contributed by atoms with Gasteiger partial charge in [-0.25, -0.2) is 9.69 Å². The number of barbiturate groups is 1. The Balaban J connectivity index is 2.04. The first-order chi connectivity index (χ1) is 12.4. The van der Waals surface area contributed by atoms with E-state index in [0.29, 0.717) is 0 Å². The number of imide groups is 2. The minimum atomic E-state index is -0.914. The standard InChI is InChI=1S/C17H11N3O6/c21-14-7-6-10(9-13(14)20(25)26)8-12-15(22)18-17(24)19(16(12)23)11-4-2-1-3-5-11/h1-9,21H,(H,18,22,24)/b12-8+. The van der Waals surface area contributed by atoms with Crippen LogP contribution in [0.4, 0.5) is 16.2 Å². The number of amides is 4. The highest BCUT2D eigenvalue weighted by atomic mass is 16.6. The van der Waals surface area contributed by atoms with Gasteiger partial charge in [-0.1, -0.05) is 24.3 Å². The van der Waals surface area contributed by atoms with Gasteiger partial charge >= 0.3 is 11.7 Å². The highest BCUT2D eigenvalue weighted by Crippen LogP contribution is 2.28. The van der Waals surface area contributed by atoms with E-state index in [9.17, 15) is 29.6 Å². The maximum absolute atomic E-state index is 12.6. The lowest BCUT2D eigenvalue weighted by Gasteiger charge is -2.26. The Hall–Kier alpha value is -4.01. The van der Waals surface area contributed by atoms with Crippen molar-refractivity contribution in [2.45, 2.75) is 0 Å². The normalized spacial score (nSPS) is 15.9. The van der Waals surface area contributed by atoms with Gasteiger partial charge in [-0.2, -0.15) is 0 Å². The third kappa shape index (κ3) is 3.00. The molecule has 0 unspecified atom stereocenters. The SMILES string of the molecule is O=C1NC(=O)N(c2ccccc2)C(=O)/C1=C/c1ccc(O)c([N+](=O)[O-])c1. The maximum atomic E-state index is 12.6. The van der Waals surface area contributed by atoms with Gasteiger partial charge < -0.3 is 5.11 Å². The Kier molecular flexibility index (Phi) is 4.19.